The summed E-state index contributed by atoms with van der Waals surface area (Å²) in [6, 6.07) is 7.64. The van der Waals surface area contributed by atoms with Crippen LogP contribution in [0.25, 0.3) is 0 Å². The Morgan fingerprint density at radius 1 is 1.32 bits per heavy atom. The van der Waals surface area contributed by atoms with Crippen molar-refractivity contribution in [2.75, 3.05) is 25.0 Å². The fourth-order valence-electron chi connectivity index (χ4n) is 1.96. The first-order valence-corrected chi connectivity index (χ1v) is 6.66. The van der Waals surface area contributed by atoms with Gasteiger partial charge in [0.05, 0.1) is 6.61 Å². The topological polar surface area (TPSA) is 52.6 Å². The third kappa shape index (κ3) is 4.24. The highest BCUT2D eigenvalue weighted by atomic mass is 16.3. The van der Waals surface area contributed by atoms with Crippen LogP contribution in [0.5, 0.6) is 0 Å². The standard InChI is InChI=1S/C15H24N2O2/c1-5-17(10-11-18)14(19)16-13-9-7-6-8-12(13)15(2,3)4/h6-9,18H,5,10-11H2,1-4H3,(H,16,19). The van der Waals surface area contributed by atoms with Gasteiger partial charge in [-0.3, -0.25) is 0 Å². The number of carbonyl (C=O) groups is 1. The molecule has 1 rings (SSSR count). The number of hydrogen-bond acceptors (Lipinski definition) is 2. The zero-order chi connectivity index (χ0) is 14.5. The highest BCUT2D eigenvalue weighted by Gasteiger charge is 2.19. The van der Waals surface area contributed by atoms with Gasteiger partial charge in [-0.05, 0) is 24.0 Å². The zero-order valence-electron chi connectivity index (χ0n) is 12.2. The molecule has 0 aliphatic rings. The quantitative estimate of drug-likeness (QED) is 0.878. The van der Waals surface area contributed by atoms with Gasteiger partial charge in [0.2, 0.25) is 0 Å². The number of amides is 2. The molecule has 0 saturated carbocycles. The number of urea groups is 1. The van der Waals surface area contributed by atoms with Gasteiger partial charge >= 0.3 is 6.03 Å². The molecule has 0 aliphatic carbocycles. The molecule has 19 heavy (non-hydrogen) atoms. The average Bonchev–Trinajstić information content (AvgIpc) is 2.35. The Hall–Kier alpha value is -1.55. The Labute approximate surface area is 115 Å². The summed E-state index contributed by atoms with van der Waals surface area (Å²) in [4.78, 5) is 13.7. The minimum Gasteiger partial charge on any atom is -0.395 e. The molecule has 4 heteroatoms. The molecule has 1 aromatic rings. The van der Waals surface area contributed by atoms with E-state index in [0.717, 1.165) is 11.3 Å². The number of hydrogen-bond donors (Lipinski definition) is 2. The van der Waals surface area contributed by atoms with Gasteiger partial charge in [0, 0.05) is 18.8 Å². The van der Waals surface area contributed by atoms with E-state index in [1.807, 2.05) is 31.2 Å². The number of aliphatic hydroxyl groups is 1. The SMILES string of the molecule is CCN(CCO)C(=O)Nc1ccccc1C(C)(C)C. The van der Waals surface area contributed by atoms with Crippen LogP contribution in [-0.4, -0.2) is 35.7 Å². The van der Waals surface area contributed by atoms with Gasteiger partial charge in [0.25, 0.3) is 0 Å². The van der Waals surface area contributed by atoms with Crippen molar-refractivity contribution in [2.45, 2.75) is 33.1 Å². The number of para-hydroxylation sites is 1. The van der Waals surface area contributed by atoms with Gasteiger partial charge in [0.15, 0.2) is 0 Å². The Bertz CT molecular complexity index is 424. The van der Waals surface area contributed by atoms with Gasteiger partial charge in [0.1, 0.15) is 0 Å². The molecular formula is C15H24N2O2. The number of anilines is 1. The molecule has 0 fully saturated rings. The monoisotopic (exact) mass is 264 g/mol. The highest BCUT2D eigenvalue weighted by Crippen LogP contribution is 2.29. The molecular weight excluding hydrogens is 240 g/mol. The van der Waals surface area contributed by atoms with Gasteiger partial charge in [-0.2, -0.15) is 0 Å². The lowest BCUT2D eigenvalue weighted by molar-refractivity contribution is 0.192. The second-order valence-electron chi connectivity index (χ2n) is 5.53. The van der Waals surface area contributed by atoms with Crippen LogP contribution in [0.15, 0.2) is 24.3 Å². The van der Waals surface area contributed by atoms with Crippen LogP contribution < -0.4 is 5.32 Å². The van der Waals surface area contributed by atoms with Gasteiger partial charge in [-0.25, -0.2) is 4.79 Å². The smallest absolute Gasteiger partial charge is 0.321 e. The van der Waals surface area contributed by atoms with Crippen molar-refractivity contribution >= 4 is 11.7 Å². The molecule has 0 unspecified atom stereocenters. The predicted molar refractivity (Wildman–Crippen MR) is 78.5 cm³/mol. The van der Waals surface area contributed by atoms with E-state index >= 15 is 0 Å². The number of nitrogens with one attached hydrogen (secondary N) is 1. The fraction of sp³-hybridized carbons (Fsp3) is 0.533. The first-order chi connectivity index (χ1) is 8.90. The molecule has 0 atom stereocenters. The molecule has 0 saturated heterocycles. The summed E-state index contributed by atoms with van der Waals surface area (Å²) in [5.74, 6) is 0. The highest BCUT2D eigenvalue weighted by molar-refractivity contribution is 5.90. The predicted octanol–water partition coefficient (Wildman–Crippen LogP) is 2.83. The van der Waals surface area contributed by atoms with Crippen LogP contribution in [0.3, 0.4) is 0 Å². The van der Waals surface area contributed by atoms with E-state index < -0.39 is 0 Å². The molecule has 0 spiro atoms. The molecule has 2 N–H and O–H groups in total. The number of rotatable bonds is 4. The van der Waals surface area contributed by atoms with E-state index in [0.29, 0.717) is 13.1 Å². The number of carbonyl (C=O) groups excluding carboxylic acids is 1. The summed E-state index contributed by atoms with van der Waals surface area (Å²) >= 11 is 0. The van der Waals surface area contributed by atoms with E-state index in [9.17, 15) is 4.79 Å². The molecule has 0 aromatic heterocycles. The summed E-state index contributed by atoms with van der Waals surface area (Å²) in [5, 5.41) is 11.9. The largest absolute Gasteiger partial charge is 0.395 e. The normalized spacial score (nSPS) is 11.2. The summed E-state index contributed by atoms with van der Waals surface area (Å²) in [7, 11) is 0. The summed E-state index contributed by atoms with van der Waals surface area (Å²) in [6.07, 6.45) is 0. The van der Waals surface area contributed by atoms with Crippen LogP contribution in [-0.2, 0) is 5.41 Å². The molecule has 4 nitrogen and oxygen atoms in total. The van der Waals surface area contributed by atoms with Crippen LogP contribution in [0.4, 0.5) is 10.5 Å². The molecule has 0 aliphatic heterocycles. The lowest BCUT2D eigenvalue weighted by Gasteiger charge is -2.25. The third-order valence-electron chi connectivity index (χ3n) is 3.02. The molecule has 106 valence electrons. The maximum Gasteiger partial charge on any atom is 0.321 e. The first kappa shape index (κ1) is 15.5. The molecule has 0 heterocycles. The van der Waals surface area contributed by atoms with Gasteiger partial charge in [-0.15, -0.1) is 0 Å². The van der Waals surface area contributed by atoms with Crippen molar-refractivity contribution in [2.24, 2.45) is 0 Å². The van der Waals surface area contributed by atoms with Crippen molar-refractivity contribution in [1.29, 1.82) is 0 Å². The molecule has 2 amide bonds. The number of aliphatic hydroxyl groups excluding tert-OH is 1. The third-order valence-corrected chi connectivity index (χ3v) is 3.02. The number of benzene rings is 1. The average molecular weight is 264 g/mol. The van der Waals surface area contributed by atoms with Crippen LogP contribution in [0.2, 0.25) is 0 Å². The van der Waals surface area contributed by atoms with Crippen LogP contribution in [0, 0.1) is 0 Å². The maximum atomic E-state index is 12.1. The summed E-state index contributed by atoms with van der Waals surface area (Å²) in [6.45, 7) is 9.13. The zero-order valence-corrected chi connectivity index (χ0v) is 12.2. The van der Waals surface area contributed by atoms with E-state index in [1.165, 1.54) is 0 Å². The molecule has 1 aromatic carbocycles. The van der Waals surface area contributed by atoms with Crippen molar-refractivity contribution < 1.29 is 9.90 Å². The second-order valence-corrected chi connectivity index (χ2v) is 5.53. The van der Waals surface area contributed by atoms with Gasteiger partial charge < -0.3 is 15.3 Å². The van der Waals surface area contributed by atoms with E-state index in [-0.39, 0.29) is 18.1 Å². The summed E-state index contributed by atoms with van der Waals surface area (Å²) < 4.78 is 0. The second kappa shape index (κ2) is 6.57. The number of likely N-dealkylation sites (N-methyl/N-ethyl adjacent to an activating group) is 1. The Kier molecular flexibility index (Phi) is 5.36. The van der Waals surface area contributed by atoms with Gasteiger partial charge in [-0.1, -0.05) is 39.0 Å². The fourth-order valence-corrected chi connectivity index (χ4v) is 1.96. The Balaban J connectivity index is 2.91. The van der Waals surface area contributed by atoms with E-state index in [1.54, 1.807) is 4.90 Å². The minimum atomic E-state index is -0.173. The van der Waals surface area contributed by atoms with Crippen LogP contribution in [0.1, 0.15) is 33.3 Å². The Morgan fingerprint density at radius 2 is 1.95 bits per heavy atom. The lowest BCUT2D eigenvalue weighted by atomic mass is 9.86. The number of nitrogens with zero attached hydrogens (tertiary/aromatic N) is 1. The van der Waals surface area contributed by atoms with E-state index in [4.69, 9.17) is 5.11 Å². The van der Waals surface area contributed by atoms with Crippen molar-refractivity contribution in [1.82, 2.24) is 4.90 Å². The molecule has 0 radical (unpaired) electrons. The minimum absolute atomic E-state index is 0.0256. The Morgan fingerprint density at radius 3 is 2.47 bits per heavy atom. The van der Waals surface area contributed by atoms with Crippen molar-refractivity contribution in [3.63, 3.8) is 0 Å². The summed E-state index contributed by atoms with van der Waals surface area (Å²) in [5.41, 5.74) is 1.90. The first-order valence-electron chi connectivity index (χ1n) is 6.66. The maximum absolute atomic E-state index is 12.1. The lowest BCUT2D eigenvalue weighted by Crippen LogP contribution is -2.37. The van der Waals surface area contributed by atoms with Crippen molar-refractivity contribution in [3.8, 4) is 0 Å². The van der Waals surface area contributed by atoms with Crippen molar-refractivity contribution in [3.05, 3.63) is 29.8 Å². The van der Waals surface area contributed by atoms with Crippen LogP contribution >= 0.6 is 0 Å². The molecule has 0 bridgehead atoms. The van der Waals surface area contributed by atoms with E-state index in [2.05, 4.69) is 26.1 Å².